The smallest absolute Gasteiger partial charge is 0.277 e. The topological polar surface area (TPSA) is 92.6 Å². The molecule has 0 bridgehead atoms. The van der Waals surface area contributed by atoms with E-state index in [0.29, 0.717) is 11.1 Å². The molecule has 0 amide bonds. The zero-order valence-corrected chi connectivity index (χ0v) is 15.3. The first kappa shape index (κ1) is 18.5. The number of nitrogens with zero attached hydrogens (tertiary/aromatic N) is 2. The Kier molecular flexibility index (Phi) is 5.36. The van der Waals surface area contributed by atoms with E-state index in [1.807, 2.05) is 7.05 Å². The van der Waals surface area contributed by atoms with Crippen molar-refractivity contribution in [2.75, 3.05) is 20.1 Å². The lowest BCUT2D eigenvalue weighted by molar-refractivity contribution is -0.384. The average Bonchev–Trinajstić information content (AvgIpc) is 2.63. The Balaban J connectivity index is 1.80. The Morgan fingerprint density at radius 1 is 1.08 bits per heavy atom. The molecule has 0 unspecified atom stereocenters. The molecule has 1 aliphatic heterocycles. The first-order valence-electron chi connectivity index (χ1n) is 8.41. The van der Waals surface area contributed by atoms with Crippen molar-refractivity contribution in [1.82, 2.24) is 9.62 Å². The van der Waals surface area contributed by atoms with E-state index in [2.05, 4.69) is 9.62 Å². The first-order chi connectivity index (χ1) is 12.4. The maximum absolute atomic E-state index is 12.6. The largest absolute Gasteiger partial charge is 0.306 e. The second-order valence-corrected chi connectivity index (χ2v) is 8.21. The van der Waals surface area contributed by atoms with Crippen molar-refractivity contribution >= 4 is 15.7 Å². The Labute approximate surface area is 152 Å². The van der Waals surface area contributed by atoms with Gasteiger partial charge in [-0.3, -0.25) is 10.1 Å². The summed E-state index contributed by atoms with van der Waals surface area (Å²) in [5, 5.41) is 11.2. The van der Waals surface area contributed by atoms with Crippen molar-refractivity contribution in [3.63, 3.8) is 0 Å². The number of nitro benzene ring substituents is 1. The van der Waals surface area contributed by atoms with Gasteiger partial charge in [-0.25, -0.2) is 13.1 Å². The van der Waals surface area contributed by atoms with Gasteiger partial charge in [0.05, 0.1) is 15.4 Å². The van der Waals surface area contributed by atoms with E-state index in [4.69, 9.17) is 0 Å². The van der Waals surface area contributed by atoms with Crippen molar-refractivity contribution < 1.29 is 13.3 Å². The molecule has 1 aliphatic rings. The number of sulfonamides is 1. The average molecular weight is 375 g/mol. The second kappa shape index (κ2) is 7.53. The van der Waals surface area contributed by atoms with Gasteiger partial charge in [0.15, 0.2) is 0 Å². The molecule has 7 nitrogen and oxygen atoms in total. The molecule has 1 fully saturated rings. The fourth-order valence-electron chi connectivity index (χ4n) is 3.10. The van der Waals surface area contributed by atoms with Crippen molar-refractivity contribution in [2.24, 2.45) is 0 Å². The number of piperidine rings is 1. The molecular formula is C18H21N3O4S. The van der Waals surface area contributed by atoms with Crippen LogP contribution in [0.1, 0.15) is 12.8 Å². The fraction of sp³-hybridized carbons (Fsp3) is 0.333. The molecular weight excluding hydrogens is 354 g/mol. The van der Waals surface area contributed by atoms with E-state index >= 15 is 0 Å². The fourth-order valence-corrected chi connectivity index (χ4v) is 4.41. The van der Waals surface area contributed by atoms with Gasteiger partial charge in [-0.2, -0.15) is 0 Å². The third-order valence-corrected chi connectivity index (χ3v) is 6.15. The highest BCUT2D eigenvalue weighted by molar-refractivity contribution is 7.89. The number of likely N-dealkylation sites (tertiary alicyclic amines) is 1. The summed E-state index contributed by atoms with van der Waals surface area (Å²) in [5.74, 6) is 0. The molecule has 3 rings (SSSR count). The molecule has 1 N–H and O–H groups in total. The highest BCUT2D eigenvalue weighted by atomic mass is 32.2. The number of nitrogens with one attached hydrogen (secondary N) is 1. The van der Waals surface area contributed by atoms with Gasteiger partial charge < -0.3 is 4.90 Å². The van der Waals surface area contributed by atoms with Gasteiger partial charge in [-0.05, 0) is 56.7 Å². The highest BCUT2D eigenvalue weighted by Crippen LogP contribution is 2.30. The summed E-state index contributed by atoms with van der Waals surface area (Å²) in [6.45, 7) is 1.73. The zero-order valence-electron chi connectivity index (χ0n) is 14.5. The highest BCUT2D eigenvalue weighted by Gasteiger charge is 2.23. The van der Waals surface area contributed by atoms with Crippen LogP contribution in [-0.4, -0.2) is 44.4 Å². The maximum Gasteiger partial charge on any atom is 0.277 e. The molecule has 1 saturated heterocycles. The minimum atomic E-state index is -3.61. The lowest BCUT2D eigenvalue weighted by Gasteiger charge is -2.29. The number of hydrogen-bond acceptors (Lipinski definition) is 5. The quantitative estimate of drug-likeness (QED) is 0.641. The minimum absolute atomic E-state index is 0.00689. The lowest BCUT2D eigenvalue weighted by Crippen LogP contribution is -2.43. The number of para-hydroxylation sites is 1. The molecule has 0 aliphatic carbocycles. The van der Waals surface area contributed by atoms with Gasteiger partial charge in [0.25, 0.3) is 5.69 Å². The second-order valence-electron chi connectivity index (χ2n) is 6.50. The maximum atomic E-state index is 12.6. The monoisotopic (exact) mass is 375 g/mol. The molecule has 0 atom stereocenters. The van der Waals surface area contributed by atoms with E-state index in [9.17, 15) is 18.5 Å². The van der Waals surface area contributed by atoms with Gasteiger partial charge in [0, 0.05) is 12.1 Å². The van der Waals surface area contributed by atoms with Crippen LogP contribution in [0.3, 0.4) is 0 Å². The molecule has 0 spiro atoms. The van der Waals surface area contributed by atoms with Crippen molar-refractivity contribution in [3.05, 3.63) is 58.6 Å². The zero-order chi connectivity index (χ0) is 18.7. The van der Waals surface area contributed by atoms with Gasteiger partial charge >= 0.3 is 0 Å². The Bertz CT molecular complexity index is 889. The van der Waals surface area contributed by atoms with E-state index in [-0.39, 0.29) is 16.6 Å². The van der Waals surface area contributed by atoms with Gasteiger partial charge in [-0.1, -0.05) is 24.3 Å². The SMILES string of the molecule is CN1CCC(NS(=O)(=O)c2ccc(-c3ccccc3[N+](=O)[O-])cc2)CC1. The van der Waals surface area contributed by atoms with Crippen molar-refractivity contribution in [1.29, 1.82) is 0 Å². The molecule has 1 heterocycles. The lowest BCUT2D eigenvalue weighted by atomic mass is 10.0. The Morgan fingerprint density at radius 3 is 2.31 bits per heavy atom. The summed E-state index contributed by atoms with van der Waals surface area (Å²) in [6.07, 6.45) is 1.56. The van der Waals surface area contributed by atoms with Crippen LogP contribution in [0.4, 0.5) is 5.69 Å². The summed E-state index contributed by atoms with van der Waals surface area (Å²) < 4.78 is 27.9. The first-order valence-corrected chi connectivity index (χ1v) is 9.90. The number of benzene rings is 2. The van der Waals surface area contributed by atoms with Crippen molar-refractivity contribution in [2.45, 2.75) is 23.8 Å². The summed E-state index contributed by atoms with van der Waals surface area (Å²) in [5.41, 5.74) is 1.06. The Morgan fingerprint density at radius 2 is 1.69 bits per heavy atom. The summed E-state index contributed by atoms with van der Waals surface area (Å²) in [7, 11) is -1.59. The molecule has 0 aromatic heterocycles. The predicted molar refractivity (Wildman–Crippen MR) is 99.4 cm³/mol. The molecule has 26 heavy (non-hydrogen) atoms. The predicted octanol–water partition coefficient (Wildman–Crippen LogP) is 2.63. The van der Waals surface area contributed by atoms with Crippen LogP contribution in [0, 0.1) is 10.1 Å². The Hall–Kier alpha value is -2.29. The summed E-state index contributed by atoms with van der Waals surface area (Å²) >= 11 is 0. The van der Waals surface area contributed by atoms with Crippen LogP contribution in [-0.2, 0) is 10.0 Å². The van der Waals surface area contributed by atoms with Gasteiger partial charge in [-0.15, -0.1) is 0 Å². The van der Waals surface area contributed by atoms with Crippen LogP contribution in [0.15, 0.2) is 53.4 Å². The summed E-state index contributed by atoms with van der Waals surface area (Å²) in [4.78, 5) is 13.1. The molecule has 0 radical (unpaired) electrons. The van der Waals surface area contributed by atoms with Crippen LogP contribution >= 0.6 is 0 Å². The van der Waals surface area contributed by atoms with E-state index < -0.39 is 14.9 Å². The third-order valence-electron chi connectivity index (χ3n) is 4.62. The number of nitro groups is 1. The number of hydrogen-bond donors (Lipinski definition) is 1. The minimum Gasteiger partial charge on any atom is -0.306 e. The van der Waals surface area contributed by atoms with E-state index in [1.54, 1.807) is 30.3 Å². The van der Waals surface area contributed by atoms with E-state index in [1.165, 1.54) is 18.2 Å². The molecule has 0 saturated carbocycles. The molecule has 2 aromatic carbocycles. The van der Waals surface area contributed by atoms with Gasteiger partial charge in [0.1, 0.15) is 0 Å². The van der Waals surface area contributed by atoms with E-state index in [0.717, 1.165) is 25.9 Å². The molecule has 8 heteroatoms. The van der Waals surface area contributed by atoms with Crippen LogP contribution < -0.4 is 4.72 Å². The number of rotatable bonds is 5. The van der Waals surface area contributed by atoms with Crippen LogP contribution in [0.25, 0.3) is 11.1 Å². The van der Waals surface area contributed by atoms with Crippen LogP contribution in [0.5, 0.6) is 0 Å². The molecule has 2 aromatic rings. The normalized spacial score (nSPS) is 16.5. The summed E-state index contributed by atoms with van der Waals surface area (Å²) in [6, 6.07) is 12.5. The van der Waals surface area contributed by atoms with Crippen molar-refractivity contribution in [3.8, 4) is 11.1 Å². The van der Waals surface area contributed by atoms with Gasteiger partial charge in [0.2, 0.25) is 10.0 Å². The standard InChI is InChI=1S/C18H21N3O4S/c1-20-12-10-15(11-13-20)19-26(24,25)16-8-6-14(7-9-16)17-4-2-3-5-18(17)21(22)23/h2-9,15,19H,10-13H2,1H3. The third kappa shape index (κ3) is 4.09. The molecule has 138 valence electrons. The van der Waals surface area contributed by atoms with Crippen LogP contribution in [0.2, 0.25) is 0 Å².